The Kier molecular flexibility index (Phi) is 5.14. The number of carbonyl (C=O) groups excluding carboxylic acids is 1. The number of aromatic nitrogens is 1. The summed E-state index contributed by atoms with van der Waals surface area (Å²) in [4.78, 5) is 24.3. The summed E-state index contributed by atoms with van der Waals surface area (Å²) >= 11 is 0. The van der Waals surface area contributed by atoms with Crippen LogP contribution in [0, 0.1) is 0 Å². The molecule has 2 heterocycles. The van der Waals surface area contributed by atoms with Crippen LogP contribution in [0.5, 0.6) is 0 Å². The first kappa shape index (κ1) is 19.2. The van der Waals surface area contributed by atoms with Crippen molar-refractivity contribution in [3.63, 3.8) is 0 Å². The van der Waals surface area contributed by atoms with Crippen molar-refractivity contribution in [2.24, 2.45) is 0 Å². The van der Waals surface area contributed by atoms with Crippen molar-refractivity contribution < 1.29 is 14.7 Å². The third-order valence-corrected chi connectivity index (χ3v) is 5.79. The second-order valence-corrected chi connectivity index (χ2v) is 7.75. The molecule has 2 aromatic carbocycles. The van der Waals surface area contributed by atoms with Crippen LogP contribution in [-0.2, 0) is 11.3 Å². The molecule has 0 atom stereocenters. The number of rotatable bonds is 6. The largest absolute Gasteiger partial charge is 0.478 e. The second kappa shape index (κ2) is 7.74. The van der Waals surface area contributed by atoms with Crippen molar-refractivity contribution >= 4 is 28.5 Å². The number of nitrogens with one attached hydrogen (secondary N) is 1. The predicted octanol–water partition coefficient (Wildman–Crippen LogP) is 5.64. The fourth-order valence-corrected chi connectivity index (χ4v) is 4.64. The molecular formula is C24H26N2O3. The minimum atomic E-state index is -0.957. The van der Waals surface area contributed by atoms with E-state index >= 15 is 0 Å². The molecule has 29 heavy (non-hydrogen) atoms. The highest BCUT2D eigenvalue weighted by molar-refractivity contribution is 6.04. The average molecular weight is 390 g/mol. The fraction of sp³-hybridized carbons (Fsp3) is 0.333. The van der Waals surface area contributed by atoms with E-state index in [2.05, 4.69) is 19.2 Å². The molecule has 4 rings (SSSR count). The van der Waals surface area contributed by atoms with Gasteiger partial charge in [-0.1, -0.05) is 51.0 Å². The summed E-state index contributed by atoms with van der Waals surface area (Å²) in [7, 11) is 0. The number of carboxylic acid groups (broad SMARTS) is 1. The van der Waals surface area contributed by atoms with Gasteiger partial charge in [-0.15, -0.1) is 0 Å². The number of carbonyl (C=O) groups is 2. The van der Waals surface area contributed by atoms with Crippen molar-refractivity contribution in [1.82, 2.24) is 4.57 Å². The molecule has 5 heteroatoms. The minimum absolute atomic E-state index is 0.0945. The van der Waals surface area contributed by atoms with E-state index in [4.69, 9.17) is 0 Å². The van der Waals surface area contributed by atoms with Gasteiger partial charge in [0.1, 0.15) is 6.54 Å². The quantitative estimate of drug-likeness (QED) is 0.572. The molecule has 3 aromatic rings. The molecule has 150 valence electrons. The molecule has 0 radical (unpaired) electrons. The molecule has 0 bridgehead atoms. The van der Waals surface area contributed by atoms with E-state index < -0.39 is 5.97 Å². The lowest BCUT2D eigenvalue weighted by molar-refractivity contribution is -0.116. The lowest BCUT2D eigenvalue weighted by Crippen LogP contribution is -2.16. The van der Waals surface area contributed by atoms with E-state index in [-0.39, 0.29) is 18.0 Å². The van der Waals surface area contributed by atoms with Gasteiger partial charge in [0.25, 0.3) is 0 Å². The van der Waals surface area contributed by atoms with Crippen LogP contribution >= 0.6 is 0 Å². The highest BCUT2D eigenvalue weighted by Crippen LogP contribution is 2.45. The standard InChI is InChI=1S/C24H26N2O3/c1-3-7-15(8-4-2)22-18-12-11-16(24(28)29)13-20(18)26-14-21(27)25-19-10-6-5-9-17(19)23(22)26/h5-6,9-13,15H,3-4,7-8,14H2,1-2H3,(H,25,27)(H,28,29). The predicted molar refractivity (Wildman–Crippen MR) is 116 cm³/mol. The van der Waals surface area contributed by atoms with Gasteiger partial charge in [-0.05, 0) is 42.5 Å². The molecule has 1 aliphatic heterocycles. The number of nitrogens with zero attached hydrogens (tertiary/aromatic N) is 1. The summed E-state index contributed by atoms with van der Waals surface area (Å²) in [6.45, 7) is 4.57. The number of hydrogen-bond acceptors (Lipinski definition) is 2. The van der Waals surface area contributed by atoms with Crippen LogP contribution in [0.4, 0.5) is 5.69 Å². The maximum atomic E-state index is 12.7. The zero-order valence-electron chi connectivity index (χ0n) is 16.9. The number of amides is 1. The van der Waals surface area contributed by atoms with E-state index in [0.29, 0.717) is 5.92 Å². The van der Waals surface area contributed by atoms with E-state index in [1.165, 1.54) is 5.56 Å². The topological polar surface area (TPSA) is 71.3 Å². The Bertz CT molecular complexity index is 1090. The molecule has 0 saturated carbocycles. The lowest BCUT2D eigenvalue weighted by atomic mass is 9.86. The number of carboxylic acids is 1. The first-order valence-electron chi connectivity index (χ1n) is 10.3. The Balaban J connectivity index is 2.10. The average Bonchev–Trinajstić information content (AvgIpc) is 2.92. The van der Waals surface area contributed by atoms with E-state index in [1.54, 1.807) is 12.1 Å². The van der Waals surface area contributed by atoms with Gasteiger partial charge >= 0.3 is 5.97 Å². The molecule has 5 nitrogen and oxygen atoms in total. The Hall–Kier alpha value is -3.08. The number of benzene rings is 2. The molecule has 1 amide bonds. The van der Waals surface area contributed by atoms with Crippen molar-refractivity contribution in [2.75, 3.05) is 5.32 Å². The summed E-state index contributed by atoms with van der Waals surface area (Å²) < 4.78 is 2.01. The molecule has 0 saturated heterocycles. The summed E-state index contributed by atoms with van der Waals surface area (Å²) in [5, 5.41) is 13.6. The van der Waals surface area contributed by atoms with Crippen LogP contribution in [0.1, 0.15) is 61.4 Å². The summed E-state index contributed by atoms with van der Waals surface area (Å²) in [5.41, 5.74) is 5.15. The summed E-state index contributed by atoms with van der Waals surface area (Å²) in [6, 6.07) is 13.2. The smallest absolute Gasteiger partial charge is 0.335 e. The van der Waals surface area contributed by atoms with Crippen LogP contribution in [0.2, 0.25) is 0 Å². The number of fused-ring (bicyclic) bond motifs is 5. The van der Waals surface area contributed by atoms with Crippen LogP contribution in [-0.4, -0.2) is 21.6 Å². The molecule has 0 fully saturated rings. The second-order valence-electron chi connectivity index (χ2n) is 7.75. The molecular weight excluding hydrogens is 364 g/mol. The maximum Gasteiger partial charge on any atom is 0.335 e. The minimum Gasteiger partial charge on any atom is -0.478 e. The Morgan fingerprint density at radius 2 is 1.86 bits per heavy atom. The first-order chi connectivity index (χ1) is 14.0. The van der Waals surface area contributed by atoms with Crippen LogP contribution in [0.25, 0.3) is 22.2 Å². The molecule has 0 aliphatic carbocycles. The van der Waals surface area contributed by atoms with Crippen molar-refractivity contribution in [1.29, 1.82) is 0 Å². The third kappa shape index (κ3) is 3.31. The highest BCUT2D eigenvalue weighted by Gasteiger charge is 2.29. The molecule has 1 aliphatic rings. The number of anilines is 1. The molecule has 0 spiro atoms. The Labute approximate surface area is 170 Å². The van der Waals surface area contributed by atoms with Gasteiger partial charge in [0, 0.05) is 10.9 Å². The Morgan fingerprint density at radius 1 is 1.14 bits per heavy atom. The zero-order chi connectivity index (χ0) is 20.5. The van der Waals surface area contributed by atoms with Gasteiger partial charge in [0.15, 0.2) is 0 Å². The normalized spacial score (nSPS) is 13.1. The van der Waals surface area contributed by atoms with Crippen molar-refractivity contribution in [3.05, 3.63) is 53.6 Å². The van der Waals surface area contributed by atoms with Crippen LogP contribution in [0.3, 0.4) is 0 Å². The molecule has 0 unspecified atom stereocenters. The lowest BCUT2D eigenvalue weighted by Gasteiger charge is -2.19. The van der Waals surface area contributed by atoms with Gasteiger partial charge in [0.2, 0.25) is 5.91 Å². The fourth-order valence-electron chi connectivity index (χ4n) is 4.64. The van der Waals surface area contributed by atoms with Gasteiger partial charge in [0.05, 0.1) is 22.5 Å². The number of hydrogen-bond donors (Lipinski definition) is 2. The van der Waals surface area contributed by atoms with Gasteiger partial charge < -0.3 is 15.0 Å². The summed E-state index contributed by atoms with van der Waals surface area (Å²) in [6.07, 6.45) is 4.26. The van der Waals surface area contributed by atoms with E-state index in [1.807, 2.05) is 34.9 Å². The zero-order valence-corrected chi connectivity index (χ0v) is 16.9. The van der Waals surface area contributed by atoms with Gasteiger partial charge in [-0.25, -0.2) is 4.79 Å². The highest BCUT2D eigenvalue weighted by atomic mass is 16.4. The van der Waals surface area contributed by atoms with Crippen molar-refractivity contribution in [2.45, 2.75) is 52.0 Å². The summed E-state index contributed by atoms with van der Waals surface area (Å²) in [5.74, 6) is -0.690. The van der Waals surface area contributed by atoms with Crippen molar-refractivity contribution in [3.8, 4) is 11.3 Å². The van der Waals surface area contributed by atoms with E-state index in [9.17, 15) is 14.7 Å². The maximum absolute atomic E-state index is 12.7. The molecule has 2 N–H and O–H groups in total. The Morgan fingerprint density at radius 3 is 2.55 bits per heavy atom. The van der Waals surface area contributed by atoms with E-state index in [0.717, 1.165) is 53.5 Å². The molecule has 1 aromatic heterocycles. The third-order valence-electron chi connectivity index (χ3n) is 5.79. The number of para-hydroxylation sites is 1. The number of aromatic carboxylic acids is 1. The monoisotopic (exact) mass is 390 g/mol. The SMILES string of the molecule is CCCC(CCC)c1c2n(c3cc(C(=O)O)ccc13)CC(=O)Nc1ccccc1-2. The van der Waals surface area contributed by atoms with Gasteiger partial charge in [-0.3, -0.25) is 4.79 Å². The first-order valence-corrected chi connectivity index (χ1v) is 10.3. The van der Waals surface area contributed by atoms with Crippen LogP contribution in [0.15, 0.2) is 42.5 Å². The van der Waals surface area contributed by atoms with Crippen LogP contribution < -0.4 is 5.32 Å². The van der Waals surface area contributed by atoms with Gasteiger partial charge in [-0.2, -0.15) is 0 Å².